The summed E-state index contributed by atoms with van der Waals surface area (Å²) in [5, 5.41) is 0.794. The van der Waals surface area contributed by atoms with Gasteiger partial charge in [-0.25, -0.2) is 0 Å². The molecule has 23 heavy (non-hydrogen) atoms. The number of hydrogen-bond donors (Lipinski definition) is 0. The van der Waals surface area contributed by atoms with Crippen LogP contribution in [0.2, 0.25) is 23.2 Å². The molecule has 0 saturated carbocycles. The van der Waals surface area contributed by atoms with E-state index in [1.54, 1.807) is 12.1 Å². The molecule has 0 N–H and O–H groups in total. The molecular weight excluding hydrogens is 347 g/mol. The number of ketones is 1. The van der Waals surface area contributed by atoms with Gasteiger partial charge in [-0.2, -0.15) is 0 Å². The molecule has 0 amide bonds. The van der Waals surface area contributed by atoms with Crippen molar-refractivity contribution in [2.75, 3.05) is 0 Å². The Morgan fingerprint density at radius 2 is 1.91 bits per heavy atom. The minimum Gasteiger partial charge on any atom is -0.413 e. The topological polar surface area (TPSA) is 26.3 Å². The first-order valence-electron chi connectivity index (χ1n) is 8.03. The number of alkyl halides is 1. The van der Waals surface area contributed by atoms with Gasteiger partial charge >= 0.3 is 0 Å². The molecule has 0 fully saturated rings. The summed E-state index contributed by atoms with van der Waals surface area (Å²) in [4.78, 5) is 12.2. The van der Waals surface area contributed by atoms with E-state index >= 15 is 0 Å². The largest absolute Gasteiger partial charge is 0.413 e. The standard InChI is InChI=1S/C18H28Cl2O2Si/c1-13(19)7-10-17(21)14-8-9-16(20)15(11-14)12-22-23(5,6)18(2,3)4/h8-9,11,13H,7,10,12H2,1-6H3. The van der Waals surface area contributed by atoms with E-state index in [4.69, 9.17) is 27.6 Å². The Morgan fingerprint density at radius 1 is 1.30 bits per heavy atom. The highest BCUT2D eigenvalue weighted by atomic mass is 35.5. The lowest BCUT2D eigenvalue weighted by Crippen LogP contribution is -2.40. The maximum Gasteiger partial charge on any atom is 0.192 e. The predicted molar refractivity (Wildman–Crippen MR) is 102 cm³/mol. The summed E-state index contributed by atoms with van der Waals surface area (Å²) in [6.07, 6.45) is 1.13. The zero-order valence-corrected chi connectivity index (χ0v) is 17.5. The Balaban J connectivity index is 2.84. The molecule has 1 aromatic rings. The SMILES string of the molecule is CC(Cl)CCC(=O)c1ccc(Cl)c(CO[Si](C)(C)C(C)(C)C)c1. The second-order valence-electron chi connectivity index (χ2n) is 7.60. The second-order valence-corrected chi connectivity index (χ2v) is 13.6. The minimum atomic E-state index is -1.85. The molecule has 0 aromatic heterocycles. The first-order chi connectivity index (χ1) is 10.4. The van der Waals surface area contributed by atoms with Crippen molar-refractivity contribution in [3.8, 4) is 0 Å². The van der Waals surface area contributed by atoms with Crippen LogP contribution < -0.4 is 0 Å². The summed E-state index contributed by atoms with van der Waals surface area (Å²) < 4.78 is 6.22. The van der Waals surface area contributed by atoms with Gasteiger partial charge in [-0.05, 0) is 55.2 Å². The van der Waals surface area contributed by atoms with Gasteiger partial charge in [-0.3, -0.25) is 4.79 Å². The monoisotopic (exact) mass is 374 g/mol. The molecule has 1 rings (SSSR count). The first kappa shape index (κ1) is 20.7. The van der Waals surface area contributed by atoms with E-state index in [0.717, 1.165) is 5.56 Å². The Hall–Kier alpha value is -0.353. The van der Waals surface area contributed by atoms with E-state index in [0.29, 0.717) is 30.0 Å². The predicted octanol–water partition coefficient (Wildman–Crippen LogP) is 6.45. The van der Waals surface area contributed by atoms with Crippen LogP contribution in [0.1, 0.15) is 56.5 Å². The number of carbonyl (C=O) groups is 1. The van der Waals surface area contributed by atoms with Gasteiger partial charge in [0.1, 0.15) is 0 Å². The Bertz CT molecular complexity index is 548. The van der Waals surface area contributed by atoms with Crippen LogP contribution in [0.15, 0.2) is 18.2 Å². The van der Waals surface area contributed by atoms with Crippen molar-refractivity contribution < 1.29 is 9.22 Å². The van der Waals surface area contributed by atoms with Crippen molar-refractivity contribution in [2.24, 2.45) is 0 Å². The highest BCUT2D eigenvalue weighted by Gasteiger charge is 2.37. The van der Waals surface area contributed by atoms with E-state index < -0.39 is 8.32 Å². The zero-order valence-electron chi connectivity index (χ0n) is 15.0. The van der Waals surface area contributed by atoms with Gasteiger partial charge in [0.2, 0.25) is 0 Å². The van der Waals surface area contributed by atoms with Gasteiger partial charge in [0.05, 0.1) is 6.61 Å². The van der Waals surface area contributed by atoms with E-state index in [1.807, 2.05) is 13.0 Å². The lowest BCUT2D eigenvalue weighted by Gasteiger charge is -2.36. The molecule has 130 valence electrons. The number of benzene rings is 1. The van der Waals surface area contributed by atoms with Crippen molar-refractivity contribution in [1.82, 2.24) is 0 Å². The van der Waals surface area contributed by atoms with Crippen molar-refractivity contribution in [3.63, 3.8) is 0 Å². The van der Waals surface area contributed by atoms with Gasteiger partial charge in [0, 0.05) is 22.4 Å². The molecular formula is C18H28Cl2O2Si. The average Bonchev–Trinajstić information content (AvgIpc) is 2.42. The molecule has 0 spiro atoms. The number of rotatable bonds is 7. The molecule has 0 saturated heterocycles. The summed E-state index contributed by atoms with van der Waals surface area (Å²) in [7, 11) is -1.85. The minimum absolute atomic E-state index is 0.00707. The van der Waals surface area contributed by atoms with Gasteiger partial charge in [0.15, 0.2) is 14.1 Å². The molecule has 0 heterocycles. The molecule has 2 nitrogen and oxygen atoms in total. The fourth-order valence-electron chi connectivity index (χ4n) is 1.81. The number of carbonyl (C=O) groups excluding carboxylic acids is 1. The summed E-state index contributed by atoms with van der Waals surface area (Å²) >= 11 is 12.2. The van der Waals surface area contributed by atoms with Crippen LogP contribution in [0, 0.1) is 0 Å². The maximum absolute atomic E-state index is 12.2. The highest BCUT2D eigenvalue weighted by Crippen LogP contribution is 2.37. The second kappa shape index (κ2) is 8.15. The first-order valence-corrected chi connectivity index (χ1v) is 11.8. The molecule has 0 bridgehead atoms. The van der Waals surface area contributed by atoms with Crippen molar-refractivity contribution >= 4 is 37.3 Å². The molecule has 1 unspecified atom stereocenters. The van der Waals surface area contributed by atoms with Gasteiger partial charge < -0.3 is 4.43 Å². The van der Waals surface area contributed by atoms with Gasteiger partial charge in [-0.15, -0.1) is 11.6 Å². The van der Waals surface area contributed by atoms with Crippen LogP contribution in [-0.4, -0.2) is 19.5 Å². The van der Waals surface area contributed by atoms with Crippen molar-refractivity contribution in [1.29, 1.82) is 0 Å². The molecule has 0 aliphatic rings. The smallest absolute Gasteiger partial charge is 0.192 e. The summed E-state index contributed by atoms with van der Waals surface area (Å²) in [6, 6.07) is 5.42. The van der Waals surface area contributed by atoms with E-state index in [-0.39, 0.29) is 16.2 Å². The van der Waals surface area contributed by atoms with Crippen LogP contribution in [0.4, 0.5) is 0 Å². The molecule has 5 heteroatoms. The maximum atomic E-state index is 12.2. The van der Waals surface area contributed by atoms with Crippen molar-refractivity contribution in [3.05, 3.63) is 34.3 Å². The Kier molecular flexibility index (Phi) is 7.33. The summed E-state index contributed by atoms with van der Waals surface area (Å²) in [5.41, 5.74) is 1.56. The average molecular weight is 375 g/mol. The number of halogens is 2. The number of hydrogen-bond acceptors (Lipinski definition) is 2. The van der Waals surface area contributed by atoms with Gasteiger partial charge in [-0.1, -0.05) is 32.4 Å². The molecule has 0 aliphatic heterocycles. The molecule has 0 radical (unpaired) electrons. The third kappa shape index (κ3) is 6.22. The van der Waals surface area contributed by atoms with Gasteiger partial charge in [0.25, 0.3) is 0 Å². The normalized spacial score (nSPS) is 13.9. The summed E-state index contributed by atoms with van der Waals surface area (Å²) in [5.74, 6) is 0.0998. The van der Waals surface area contributed by atoms with Crippen LogP contribution in [-0.2, 0) is 11.0 Å². The zero-order chi connectivity index (χ0) is 17.8. The third-order valence-electron chi connectivity index (χ3n) is 4.53. The number of Topliss-reactive ketones (excluding diaryl/α,β-unsaturated/α-hetero) is 1. The Morgan fingerprint density at radius 3 is 2.43 bits per heavy atom. The summed E-state index contributed by atoms with van der Waals surface area (Å²) in [6.45, 7) is 13.4. The van der Waals surface area contributed by atoms with Crippen molar-refractivity contribution in [2.45, 2.75) is 70.7 Å². The fraction of sp³-hybridized carbons (Fsp3) is 0.611. The van der Waals surface area contributed by atoms with Crippen LogP contribution in [0.3, 0.4) is 0 Å². The van der Waals surface area contributed by atoms with Crippen LogP contribution >= 0.6 is 23.2 Å². The highest BCUT2D eigenvalue weighted by molar-refractivity contribution is 6.74. The van der Waals surface area contributed by atoms with E-state index in [2.05, 4.69) is 33.9 Å². The lowest BCUT2D eigenvalue weighted by molar-refractivity contribution is 0.0980. The molecule has 1 atom stereocenters. The lowest BCUT2D eigenvalue weighted by atomic mass is 10.0. The quantitative estimate of drug-likeness (QED) is 0.311. The fourth-order valence-corrected chi connectivity index (χ4v) is 3.04. The molecule has 1 aromatic carbocycles. The Labute approximate surface area is 151 Å². The third-order valence-corrected chi connectivity index (χ3v) is 9.60. The van der Waals surface area contributed by atoms with E-state index in [9.17, 15) is 4.79 Å². The van der Waals surface area contributed by atoms with E-state index in [1.165, 1.54) is 0 Å². The van der Waals surface area contributed by atoms with Crippen LogP contribution in [0.5, 0.6) is 0 Å². The molecule has 0 aliphatic carbocycles. The van der Waals surface area contributed by atoms with Crippen LogP contribution in [0.25, 0.3) is 0 Å².